The lowest BCUT2D eigenvalue weighted by Crippen LogP contribution is -2.40. The van der Waals surface area contributed by atoms with Crippen LogP contribution in [0.4, 0.5) is 5.69 Å². The van der Waals surface area contributed by atoms with Gasteiger partial charge in [-0.3, -0.25) is 4.79 Å². The first-order valence-corrected chi connectivity index (χ1v) is 5.64. The maximum absolute atomic E-state index is 11.8. The van der Waals surface area contributed by atoms with E-state index in [1.54, 1.807) is 6.08 Å². The van der Waals surface area contributed by atoms with Crippen LogP contribution < -0.4 is 16.6 Å². The van der Waals surface area contributed by atoms with E-state index in [1.165, 1.54) is 10.9 Å². The van der Waals surface area contributed by atoms with E-state index in [1.807, 2.05) is 13.8 Å². The lowest BCUT2D eigenvalue weighted by Gasteiger charge is -2.25. The van der Waals surface area contributed by atoms with E-state index in [0.717, 1.165) is 0 Å². The molecule has 1 aromatic heterocycles. The average Bonchev–Trinajstić information content (AvgIpc) is 2.29. The standard InChI is InChI=1S/C11H17ClN4O/c1-4-5-16-10(17)9(12)8(6-14-16)15-11(2,3)7-13/h4,6,15H,1,5,7,13H2,2-3H3. The highest BCUT2D eigenvalue weighted by atomic mass is 35.5. The Kier molecular flexibility index (Phi) is 4.31. The van der Waals surface area contributed by atoms with Gasteiger partial charge in [-0.05, 0) is 13.8 Å². The van der Waals surface area contributed by atoms with Gasteiger partial charge < -0.3 is 11.1 Å². The summed E-state index contributed by atoms with van der Waals surface area (Å²) in [7, 11) is 0. The first-order chi connectivity index (χ1) is 7.91. The van der Waals surface area contributed by atoms with Gasteiger partial charge in [0, 0.05) is 12.1 Å². The van der Waals surface area contributed by atoms with Gasteiger partial charge in [0.05, 0.1) is 18.4 Å². The average molecular weight is 257 g/mol. The summed E-state index contributed by atoms with van der Waals surface area (Å²) in [6.45, 7) is 8.13. The molecule has 0 unspecified atom stereocenters. The van der Waals surface area contributed by atoms with E-state index in [0.29, 0.717) is 18.8 Å². The normalized spacial score (nSPS) is 11.3. The van der Waals surface area contributed by atoms with Crippen molar-refractivity contribution in [1.29, 1.82) is 0 Å². The monoisotopic (exact) mass is 256 g/mol. The van der Waals surface area contributed by atoms with Crippen molar-refractivity contribution in [1.82, 2.24) is 9.78 Å². The molecule has 0 fully saturated rings. The fourth-order valence-corrected chi connectivity index (χ4v) is 1.41. The highest BCUT2D eigenvalue weighted by molar-refractivity contribution is 6.32. The van der Waals surface area contributed by atoms with Crippen molar-refractivity contribution in [3.8, 4) is 0 Å². The molecule has 1 heterocycles. The van der Waals surface area contributed by atoms with E-state index in [4.69, 9.17) is 17.3 Å². The zero-order chi connectivity index (χ0) is 13.1. The van der Waals surface area contributed by atoms with Crippen LogP contribution in [0.5, 0.6) is 0 Å². The van der Waals surface area contributed by atoms with Crippen molar-refractivity contribution >= 4 is 17.3 Å². The smallest absolute Gasteiger partial charge is 0.287 e. The Labute approximate surface area is 105 Å². The lowest BCUT2D eigenvalue weighted by molar-refractivity contribution is 0.576. The summed E-state index contributed by atoms with van der Waals surface area (Å²) in [5.74, 6) is 0. The van der Waals surface area contributed by atoms with Crippen LogP contribution >= 0.6 is 11.6 Å². The van der Waals surface area contributed by atoms with Crippen LogP contribution in [0.15, 0.2) is 23.6 Å². The summed E-state index contributed by atoms with van der Waals surface area (Å²) in [6, 6.07) is 0. The van der Waals surface area contributed by atoms with Gasteiger partial charge >= 0.3 is 0 Å². The number of hydrogen-bond acceptors (Lipinski definition) is 4. The zero-order valence-electron chi connectivity index (χ0n) is 10.0. The first kappa shape index (κ1) is 13.7. The number of rotatable bonds is 5. The fraction of sp³-hybridized carbons (Fsp3) is 0.455. The highest BCUT2D eigenvalue weighted by Crippen LogP contribution is 2.19. The van der Waals surface area contributed by atoms with Crippen molar-refractivity contribution in [2.75, 3.05) is 11.9 Å². The van der Waals surface area contributed by atoms with Gasteiger partial charge in [0.2, 0.25) is 0 Å². The Hall–Kier alpha value is -1.33. The molecule has 0 spiro atoms. The topological polar surface area (TPSA) is 72.9 Å². The van der Waals surface area contributed by atoms with Gasteiger partial charge in [0.15, 0.2) is 0 Å². The SMILES string of the molecule is C=CCn1ncc(NC(C)(C)CN)c(Cl)c1=O. The molecule has 0 radical (unpaired) electrons. The largest absolute Gasteiger partial charge is 0.376 e. The molecule has 1 aromatic rings. The minimum atomic E-state index is -0.345. The van der Waals surface area contributed by atoms with E-state index < -0.39 is 0 Å². The van der Waals surface area contributed by atoms with E-state index >= 15 is 0 Å². The molecule has 0 amide bonds. The second-order valence-electron chi connectivity index (χ2n) is 4.36. The van der Waals surface area contributed by atoms with Crippen LogP contribution in [0.3, 0.4) is 0 Å². The zero-order valence-corrected chi connectivity index (χ0v) is 10.8. The van der Waals surface area contributed by atoms with Gasteiger partial charge in [-0.25, -0.2) is 4.68 Å². The number of halogens is 1. The summed E-state index contributed by atoms with van der Waals surface area (Å²) < 4.78 is 1.25. The Morgan fingerprint density at radius 1 is 1.71 bits per heavy atom. The van der Waals surface area contributed by atoms with Crippen LogP contribution in [-0.4, -0.2) is 21.9 Å². The maximum Gasteiger partial charge on any atom is 0.287 e. The van der Waals surface area contributed by atoms with Gasteiger partial charge in [-0.15, -0.1) is 6.58 Å². The third-order valence-corrected chi connectivity index (χ3v) is 2.64. The minimum Gasteiger partial charge on any atom is -0.376 e. The van der Waals surface area contributed by atoms with E-state index in [9.17, 15) is 4.79 Å². The van der Waals surface area contributed by atoms with Crippen LogP contribution in [0.25, 0.3) is 0 Å². The van der Waals surface area contributed by atoms with E-state index in [-0.39, 0.29) is 16.1 Å². The van der Waals surface area contributed by atoms with Crippen molar-refractivity contribution in [2.45, 2.75) is 25.9 Å². The summed E-state index contributed by atoms with van der Waals surface area (Å²) in [5, 5.41) is 7.19. The third kappa shape index (κ3) is 3.31. The Morgan fingerprint density at radius 2 is 2.35 bits per heavy atom. The number of anilines is 1. The molecule has 0 saturated carbocycles. The van der Waals surface area contributed by atoms with Gasteiger partial charge in [-0.2, -0.15) is 5.10 Å². The van der Waals surface area contributed by atoms with Gasteiger partial charge in [-0.1, -0.05) is 17.7 Å². The fourth-order valence-electron chi connectivity index (χ4n) is 1.22. The molecule has 0 aliphatic rings. The van der Waals surface area contributed by atoms with Crippen LogP contribution in [0.1, 0.15) is 13.8 Å². The molecule has 0 aromatic carbocycles. The summed E-state index contributed by atoms with van der Waals surface area (Å²) >= 11 is 5.99. The predicted molar refractivity (Wildman–Crippen MR) is 70.5 cm³/mol. The second kappa shape index (κ2) is 5.33. The molecule has 17 heavy (non-hydrogen) atoms. The van der Waals surface area contributed by atoms with Crippen molar-refractivity contribution in [3.63, 3.8) is 0 Å². The number of nitrogens with two attached hydrogens (primary N) is 1. The summed E-state index contributed by atoms with van der Waals surface area (Å²) in [6.07, 6.45) is 3.10. The molecule has 0 atom stereocenters. The predicted octanol–water partition coefficient (Wildman–Crippen LogP) is 1.23. The molecule has 3 N–H and O–H groups in total. The molecular weight excluding hydrogens is 240 g/mol. The summed E-state index contributed by atoms with van der Waals surface area (Å²) in [5.41, 5.74) is 5.40. The molecule has 5 nitrogen and oxygen atoms in total. The molecule has 1 rings (SSSR count). The molecule has 0 saturated heterocycles. The van der Waals surface area contributed by atoms with Crippen molar-refractivity contribution in [2.24, 2.45) is 5.73 Å². The van der Waals surface area contributed by atoms with Crippen molar-refractivity contribution in [3.05, 3.63) is 34.2 Å². The van der Waals surface area contributed by atoms with Crippen LogP contribution in [0, 0.1) is 0 Å². The number of aromatic nitrogens is 2. The molecule has 0 bridgehead atoms. The van der Waals surface area contributed by atoms with E-state index in [2.05, 4.69) is 17.0 Å². The van der Waals surface area contributed by atoms with Crippen LogP contribution in [0.2, 0.25) is 5.02 Å². The molecule has 0 aliphatic carbocycles. The number of nitrogens with one attached hydrogen (secondary N) is 1. The van der Waals surface area contributed by atoms with Crippen LogP contribution in [-0.2, 0) is 6.54 Å². The molecular formula is C11H17ClN4O. The van der Waals surface area contributed by atoms with Gasteiger partial charge in [0.25, 0.3) is 5.56 Å². The molecule has 94 valence electrons. The first-order valence-electron chi connectivity index (χ1n) is 5.26. The summed E-state index contributed by atoms with van der Waals surface area (Å²) in [4.78, 5) is 11.8. The molecule has 6 heteroatoms. The Morgan fingerprint density at radius 3 is 2.88 bits per heavy atom. The Balaban J connectivity index is 3.09. The van der Waals surface area contributed by atoms with Crippen molar-refractivity contribution < 1.29 is 0 Å². The molecule has 0 aliphatic heterocycles. The third-order valence-electron chi connectivity index (χ3n) is 2.27. The lowest BCUT2D eigenvalue weighted by atomic mass is 10.1. The number of nitrogens with zero attached hydrogens (tertiary/aromatic N) is 2. The maximum atomic E-state index is 11.8. The number of allylic oxidation sites excluding steroid dienone is 1. The highest BCUT2D eigenvalue weighted by Gasteiger charge is 2.18. The second-order valence-corrected chi connectivity index (χ2v) is 4.74. The number of hydrogen-bond donors (Lipinski definition) is 2. The Bertz CT molecular complexity index is 467. The van der Waals surface area contributed by atoms with Gasteiger partial charge in [0.1, 0.15) is 5.02 Å². The minimum absolute atomic E-state index is 0.114. The quantitative estimate of drug-likeness (QED) is 0.778.